The van der Waals surface area contributed by atoms with Crippen LogP contribution in [0.1, 0.15) is 29.3 Å². The smallest absolute Gasteiger partial charge is 0.294 e. The second-order valence-corrected chi connectivity index (χ2v) is 16.8. The SMILES string of the molecule is CC[C@@](CSc1ccccc1)(N(C)C)N(C(=O)c1ccc(N2CCN(Cc3cccnc3-c3ccc(Cl)cc3)CC2)cc1)c1ccc(S(N)(=O)=O)cc1[N+](=O)[O-]. The molecule has 1 aromatic heterocycles. The quantitative estimate of drug-likeness (QED) is 0.0522. The number of carbonyl (C=O) groups is 1. The zero-order valence-corrected chi connectivity index (χ0v) is 33.8. The van der Waals surface area contributed by atoms with E-state index in [2.05, 4.69) is 20.9 Å². The second kappa shape index (κ2) is 17.5. The fourth-order valence-electron chi connectivity index (χ4n) is 7.01. The summed E-state index contributed by atoms with van der Waals surface area (Å²) in [4.78, 5) is 40.0. The van der Waals surface area contributed by atoms with Crippen molar-refractivity contribution in [3.8, 4) is 11.3 Å². The third kappa shape index (κ3) is 9.07. The Balaban J connectivity index is 1.26. The lowest BCUT2D eigenvalue weighted by molar-refractivity contribution is -0.384. The van der Waals surface area contributed by atoms with E-state index in [1.54, 1.807) is 18.3 Å². The summed E-state index contributed by atoms with van der Waals surface area (Å²) in [6.07, 6.45) is 2.19. The minimum atomic E-state index is -4.26. The first-order chi connectivity index (χ1) is 26.8. The highest BCUT2D eigenvalue weighted by molar-refractivity contribution is 7.99. The molecule has 0 aliphatic carbocycles. The molecule has 0 radical (unpaired) electrons. The Bertz CT molecular complexity index is 2270. The van der Waals surface area contributed by atoms with Gasteiger partial charge in [-0.2, -0.15) is 0 Å². The Morgan fingerprint density at radius 3 is 2.23 bits per heavy atom. The topological polar surface area (TPSA) is 146 Å². The zero-order chi connectivity index (χ0) is 40.0. The van der Waals surface area contributed by atoms with Gasteiger partial charge in [-0.15, -0.1) is 11.8 Å². The van der Waals surface area contributed by atoms with Crippen LogP contribution in [0.5, 0.6) is 0 Å². The van der Waals surface area contributed by atoms with Gasteiger partial charge >= 0.3 is 0 Å². The van der Waals surface area contributed by atoms with Crippen LogP contribution >= 0.6 is 23.4 Å². The van der Waals surface area contributed by atoms with Gasteiger partial charge in [-0.1, -0.05) is 54.9 Å². The van der Waals surface area contributed by atoms with Gasteiger partial charge in [0.05, 0.1) is 15.5 Å². The third-order valence-corrected chi connectivity index (χ3v) is 12.6. The number of pyridine rings is 1. The van der Waals surface area contributed by atoms with E-state index >= 15 is 0 Å². The molecule has 6 rings (SSSR count). The number of piperazine rings is 1. The van der Waals surface area contributed by atoms with Gasteiger partial charge in [0.1, 0.15) is 11.4 Å². The summed E-state index contributed by atoms with van der Waals surface area (Å²) in [5, 5.41) is 18.6. The van der Waals surface area contributed by atoms with Crippen molar-refractivity contribution in [2.75, 3.05) is 55.8 Å². The molecule has 5 aromatic rings. The van der Waals surface area contributed by atoms with Crippen molar-refractivity contribution in [1.29, 1.82) is 0 Å². The lowest BCUT2D eigenvalue weighted by atomic mass is 10.0. The van der Waals surface area contributed by atoms with Crippen LogP contribution in [0, 0.1) is 10.1 Å². The zero-order valence-electron chi connectivity index (χ0n) is 31.4. The average Bonchev–Trinajstić information content (AvgIpc) is 3.20. The first-order valence-corrected chi connectivity index (χ1v) is 21.0. The van der Waals surface area contributed by atoms with Crippen LogP contribution in [0.3, 0.4) is 0 Å². The van der Waals surface area contributed by atoms with Crippen LogP contribution in [0.25, 0.3) is 11.3 Å². The largest absolute Gasteiger partial charge is 0.369 e. The van der Waals surface area contributed by atoms with Crippen LogP contribution in [0.2, 0.25) is 5.02 Å². The van der Waals surface area contributed by atoms with E-state index in [9.17, 15) is 23.3 Å². The van der Waals surface area contributed by atoms with Crippen LogP contribution in [-0.2, 0) is 16.6 Å². The van der Waals surface area contributed by atoms with Crippen LogP contribution in [0.15, 0.2) is 125 Å². The van der Waals surface area contributed by atoms with Crippen LogP contribution in [-0.4, -0.2) is 85.7 Å². The van der Waals surface area contributed by atoms with Crippen molar-refractivity contribution < 1.29 is 18.1 Å². The van der Waals surface area contributed by atoms with Crippen LogP contribution < -0.4 is 14.9 Å². The molecule has 1 aliphatic rings. The van der Waals surface area contributed by atoms with E-state index in [1.807, 2.05) is 98.7 Å². The average molecular weight is 814 g/mol. The molecule has 1 amide bonds. The molecular formula is C41H44ClN7O5S2. The molecule has 12 nitrogen and oxygen atoms in total. The highest BCUT2D eigenvalue weighted by Gasteiger charge is 2.44. The van der Waals surface area contributed by atoms with E-state index in [1.165, 1.54) is 28.8 Å². The first-order valence-electron chi connectivity index (χ1n) is 18.1. The summed E-state index contributed by atoms with van der Waals surface area (Å²) in [5.74, 6) is -0.117. The maximum atomic E-state index is 14.9. The predicted octanol–water partition coefficient (Wildman–Crippen LogP) is 7.39. The van der Waals surface area contributed by atoms with E-state index in [4.69, 9.17) is 16.7 Å². The Morgan fingerprint density at radius 2 is 1.62 bits per heavy atom. The summed E-state index contributed by atoms with van der Waals surface area (Å²) >= 11 is 7.64. The summed E-state index contributed by atoms with van der Waals surface area (Å²) < 4.78 is 24.5. The Morgan fingerprint density at radius 1 is 0.946 bits per heavy atom. The second-order valence-electron chi connectivity index (χ2n) is 13.8. The molecule has 0 spiro atoms. The number of anilines is 2. The number of amides is 1. The summed E-state index contributed by atoms with van der Waals surface area (Å²) in [6.45, 7) is 5.86. The lowest BCUT2D eigenvalue weighted by Gasteiger charge is -2.47. The number of thioether (sulfide) groups is 1. The third-order valence-electron chi connectivity index (χ3n) is 10.2. The van der Waals surface area contributed by atoms with Gasteiger partial charge in [0, 0.05) is 77.5 Å². The Hall–Kier alpha value is -4.83. The predicted molar refractivity (Wildman–Crippen MR) is 224 cm³/mol. The molecule has 1 aliphatic heterocycles. The maximum Gasteiger partial charge on any atom is 0.294 e. The van der Waals surface area contributed by atoms with Gasteiger partial charge in [0.25, 0.3) is 11.6 Å². The maximum absolute atomic E-state index is 14.9. The summed E-state index contributed by atoms with van der Waals surface area (Å²) in [7, 11) is -0.607. The van der Waals surface area contributed by atoms with Crippen molar-refractivity contribution >= 4 is 56.4 Å². The fraction of sp³-hybridized carbons (Fsp3) is 0.268. The standard InChI is InChI=1S/C41H44ClN7O5S2/c1-4-41(45(2)3,29-55-35-10-6-5-7-11-35)48(37-21-20-36(56(43,53)54)27-38(37)49(51)52)40(50)31-14-18-34(19-15-31)47-25-23-46(24-26-47)28-32-9-8-22-44-39(32)30-12-16-33(42)17-13-30/h5-22,27H,4,23-26,28-29H2,1-3H3,(H2,43,53,54)/t41-/m1/s1. The number of benzene rings is 4. The summed E-state index contributed by atoms with van der Waals surface area (Å²) in [6, 6.07) is 32.2. The number of halogens is 1. The number of nitrogens with zero attached hydrogens (tertiary/aromatic N) is 6. The molecule has 1 saturated heterocycles. The normalized spacial score (nSPS) is 14.7. The number of aromatic nitrogens is 1. The molecule has 0 unspecified atom stereocenters. The highest BCUT2D eigenvalue weighted by atomic mass is 35.5. The van der Waals surface area contributed by atoms with Gasteiger partial charge in [-0.05, 0) is 92.8 Å². The van der Waals surface area contributed by atoms with E-state index in [-0.39, 0.29) is 5.69 Å². The van der Waals surface area contributed by atoms with Crippen molar-refractivity contribution in [2.45, 2.75) is 35.3 Å². The summed E-state index contributed by atoms with van der Waals surface area (Å²) in [5.41, 5.74) is 2.71. The van der Waals surface area contributed by atoms with Crippen LogP contribution in [0.4, 0.5) is 17.1 Å². The number of carbonyl (C=O) groups excluding carboxylic acids is 1. The van der Waals surface area contributed by atoms with E-state index in [0.29, 0.717) is 22.8 Å². The molecule has 2 heterocycles. The first kappa shape index (κ1) is 40.8. The van der Waals surface area contributed by atoms with Crippen molar-refractivity contribution in [3.63, 3.8) is 0 Å². The minimum absolute atomic E-state index is 0.0374. The number of nitro benzene ring substituents is 1. The molecular weight excluding hydrogens is 770 g/mol. The molecule has 56 heavy (non-hydrogen) atoms. The molecule has 4 aromatic carbocycles. The van der Waals surface area contributed by atoms with Crippen molar-refractivity contribution in [2.24, 2.45) is 5.14 Å². The van der Waals surface area contributed by atoms with Gasteiger partial charge in [-0.3, -0.25) is 34.6 Å². The highest BCUT2D eigenvalue weighted by Crippen LogP contribution is 2.41. The fourth-order valence-corrected chi connectivity index (χ4v) is 9.01. The number of sulfonamides is 1. The van der Waals surface area contributed by atoms with Gasteiger partial charge in [0.2, 0.25) is 10.0 Å². The number of primary sulfonamides is 1. The molecule has 1 fully saturated rings. The molecule has 1 atom stereocenters. The van der Waals surface area contributed by atoms with E-state index in [0.717, 1.165) is 66.2 Å². The number of hydrogen-bond donors (Lipinski definition) is 1. The number of hydrogen-bond acceptors (Lipinski definition) is 10. The Labute approximate surface area is 337 Å². The molecule has 15 heteroatoms. The number of rotatable bonds is 14. The van der Waals surface area contributed by atoms with Crippen molar-refractivity contribution in [1.82, 2.24) is 14.8 Å². The Kier molecular flexibility index (Phi) is 12.8. The molecule has 2 N–H and O–H groups in total. The number of nitrogens with two attached hydrogens (primary N) is 1. The molecule has 0 bridgehead atoms. The number of nitro groups is 1. The minimum Gasteiger partial charge on any atom is -0.369 e. The monoisotopic (exact) mass is 813 g/mol. The van der Waals surface area contributed by atoms with E-state index < -0.39 is 37.1 Å². The molecule has 0 saturated carbocycles. The molecule has 292 valence electrons. The van der Waals surface area contributed by atoms with Gasteiger partial charge in [-0.25, -0.2) is 13.6 Å². The van der Waals surface area contributed by atoms with Gasteiger partial charge < -0.3 is 4.90 Å². The van der Waals surface area contributed by atoms with Crippen molar-refractivity contribution in [3.05, 3.63) is 142 Å². The lowest BCUT2D eigenvalue weighted by Crippen LogP contribution is -2.62. The van der Waals surface area contributed by atoms with Gasteiger partial charge in [0.15, 0.2) is 0 Å².